The number of nitrogens with zero attached hydrogens (tertiary/aromatic N) is 1. The molecule has 0 saturated heterocycles. The quantitative estimate of drug-likeness (QED) is 0.755. The predicted molar refractivity (Wildman–Crippen MR) is 60.9 cm³/mol. The first kappa shape index (κ1) is 14.2. The molecule has 0 aliphatic rings. The Kier molecular flexibility index (Phi) is 6.32. The molecule has 3 amide bonds. The fraction of sp³-hybridized carbons (Fsp3) is 0.800. The summed E-state index contributed by atoms with van der Waals surface area (Å²) in [7, 11) is 0. The van der Waals surface area contributed by atoms with Gasteiger partial charge in [0.1, 0.15) is 5.88 Å². The molecule has 0 aliphatic heterocycles. The lowest BCUT2D eigenvalue weighted by Crippen LogP contribution is -2.47. The summed E-state index contributed by atoms with van der Waals surface area (Å²) in [6, 6.07) is -0.306. The van der Waals surface area contributed by atoms with Crippen molar-refractivity contribution in [2.24, 2.45) is 5.92 Å². The van der Waals surface area contributed by atoms with Crippen molar-refractivity contribution in [2.45, 2.75) is 33.7 Å². The van der Waals surface area contributed by atoms with Crippen LogP contribution in [0.1, 0.15) is 27.7 Å². The highest BCUT2D eigenvalue weighted by molar-refractivity contribution is 6.28. The molecule has 15 heavy (non-hydrogen) atoms. The average molecular weight is 235 g/mol. The van der Waals surface area contributed by atoms with E-state index in [9.17, 15) is 9.59 Å². The lowest BCUT2D eigenvalue weighted by Gasteiger charge is -2.28. The van der Waals surface area contributed by atoms with Crippen LogP contribution in [0.25, 0.3) is 0 Å². The number of carbonyl (C=O) groups excluding carboxylic acids is 2. The zero-order valence-corrected chi connectivity index (χ0v) is 10.5. The predicted octanol–water partition coefficient (Wildman–Crippen LogP) is 1.83. The molecule has 0 aromatic carbocycles. The maximum atomic E-state index is 11.6. The van der Waals surface area contributed by atoms with Crippen molar-refractivity contribution in [3.63, 3.8) is 0 Å². The number of urea groups is 1. The monoisotopic (exact) mass is 234 g/mol. The molecule has 0 aromatic rings. The summed E-state index contributed by atoms with van der Waals surface area (Å²) >= 11 is 5.30. The number of amides is 3. The van der Waals surface area contributed by atoms with Crippen molar-refractivity contribution in [3.05, 3.63) is 0 Å². The molecule has 0 bridgehead atoms. The number of hydrogen-bond donors (Lipinski definition) is 1. The number of carbonyl (C=O) groups is 2. The molecule has 0 atom stereocenters. The molecule has 5 heteroatoms. The Bertz CT molecular complexity index is 229. The van der Waals surface area contributed by atoms with E-state index < -0.39 is 5.91 Å². The van der Waals surface area contributed by atoms with Crippen LogP contribution in [-0.2, 0) is 4.79 Å². The minimum Gasteiger partial charge on any atom is -0.322 e. The van der Waals surface area contributed by atoms with Crippen LogP contribution >= 0.6 is 11.6 Å². The van der Waals surface area contributed by atoms with Gasteiger partial charge < -0.3 is 4.90 Å². The van der Waals surface area contributed by atoms with E-state index in [1.807, 2.05) is 27.7 Å². The highest BCUT2D eigenvalue weighted by Crippen LogP contribution is 2.04. The van der Waals surface area contributed by atoms with Gasteiger partial charge >= 0.3 is 6.03 Å². The van der Waals surface area contributed by atoms with Crippen molar-refractivity contribution >= 4 is 23.5 Å². The first-order valence-electron chi connectivity index (χ1n) is 5.04. The molecule has 0 fully saturated rings. The molecule has 0 heterocycles. The van der Waals surface area contributed by atoms with Crippen LogP contribution in [0.15, 0.2) is 0 Å². The summed E-state index contributed by atoms with van der Waals surface area (Å²) in [5.41, 5.74) is 0. The van der Waals surface area contributed by atoms with Crippen LogP contribution < -0.4 is 5.32 Å². The summed E-state index contributed by atoms with van der Waals surface area (Å²) < 4.78 is 0. The second-order valence-corrected chi connectivity index (χ2v) is 4.39. The molecule has 1 N–H and O–H groups in total. The van der Waals surface area contributed by atoms with Gasteiger partial charge in [-0.1, -0.05) is 13.8 Å². The third-order valence-electron chi connectivity index (χ3n) is 1.81. The normalized spacial score (nSPS) is 10.6. The highest BCUT2D eigenvalue weighted by Gasteiger charge is 2.19. The van der Waals surface area contributed by atoms with Crippen molar-refractivity contribution < 1.29 is 9.59 Å². The molecule has 0 spiro atoms. The van der Waals surface area contributed by atoms with Crippen molar-refractivity contribution in [1.82, 2.24) is 10.2 Å². The average Bonchev–Trinajstić information content (AvgIpc) is 2.12. The van der Waals surface area contributed by atoms with Crippen LogP contribution in [0.5, 0.6) is 0 Å². The van der Waals surface area contributed by atoms with Gasteiger partial charge in [0.25, 0.3) is 0 Å². The van der Waals surface area contributed by atoms with Gasteiger partial charge in [0.15, 0.2) is 0 Å². The number of nitrogens with one attached hydrogen (secondary N) is 1. The fourth-order valence-corrected chi connectivity index (χ4v) is 1.21. The molecule has 4 nitrogen and oxygen atoms in total. The standard InChI is InChI=1S/C10H19ClN2O2/c1-7(2)6-13(8(3)4)10(15)12-9(14)5-11/h7-8H,5-6H2,1-4H3,(H,12,14,15). The summed E-state index contributed by atoms with van der Waals surface area (Å²) in [6.45, 7) is 8.48. The van der Waals surface area contributed by atoms with Gasteiger partial charge in [-0.3, -0.25) is 10.1 Å². The molecule has 0 rings (SSSR count). The summed E-state index contributed by atoms with van der Waals surface area (Å²) in [6.07, 6.45) is 0. The Labute approximate surface area is 96.0 Å². The van der Waals surface area contributed by atoms with Crippen LogP contribution in [0.4, 0.5) is 4.79 Å². The number of halogens is 1. The number of hydrogen-bond acceptors (Lipinski definition) is 2. The number of alkyl halides is 1. The lowest BCUT2D eigenvalue weighted by molar-refractivity contribution is -0.117. The Morgan fingerprint density at radius 2 is 1.80 bits per heavy atom. The topological polar surface area (TPSA) is 49.4 Å². The van der Waals surface area contributed by atoms with E-state index in [1.54, 1.807) is 4.90 Å². The van der Waals surface area contributed by atoms with Gasteiger partial charge in [-0.2, -0.15) is 0 Å². The third-order valence-corrected chi connectivity index (χ3v) is 2.06. The largest absolute Gasteiger partial charge is 0.324 e. The SMILES string of the molecule is CC(C)CN(C(=O)NC(=O)CCl)C(C)C. The summed E-state index contributed by atoms with van der Waals surface area (Å²) in [5, 5.41) is 2.23. The zero-order valence-electron chi connectivity index (χ0n) is 9.71. The maximum absolute atomic E-state index is 11.6. The molecule has 88 valence electrons. The minimum absolute atomic E-state index is 0.0653. The Balaban J connectivity index is 4.36. The first-order valence-corrected chi connectivity index (χ1v) is 5.58. The van der Waals surface area contributed by atoms with Crippen molar-refractivity contribution in [3.8, 4) is 0 Å². The summed E-state index contributed by atoms with van der Waals surface area (Å²) in [5.74, 6) is -0.292. The first-order chi connectivity index (χ1) is 6.88. The second-order valence-electron chi connectivity index (χ2n) is 4.13. The van der Waals surface area contributed by atoms with Crippen molar-refractivity contribution in [1.29, 1.82) is 0 Å². The molecule has 0 aliphatic carbocycles. The fourth-order valence-electron chi connectivity index (χ4n) is 1.15. The van der Waals surface area contributed by atoms with Crippen LogP contribution in [0.2, 0.25) is 0 Å². The lowest BCUT2D eigenvalue weighted by atomic mass is 10.2. The van der Waals surface area contributed by atoms with Gasteiger partial charge in [0.05, 0.1) is 0 Å². The van der Waals surface area contributed by atoms with E-state index >= 15 is 0 Å². The number of imide groups is 1. The van der Waals surface area contributed by atoms with Crippen LogP contribution in [-0.4, -0.2) is 35.3 Å². The second kappa shape index (κ2) is 6.67. The van der Waals surface area contributed by atoms with Gasteiger partial charge in [0, 0.05) is 12.6 Å². The van der Waals surface area contributed by atoms with Gasteiger partial charge in [-0.15, -0.1) is 11.6 Å². The zero-order chi connectivity index (χ0) is 12.0. The third kappa shape index (κ3) is 5.62. The van der Waals surface area contributed by atoms with E-state index in [0.29, 0.717) is 12.5 Å². The van der Waals surface area contributed by atoms with Gasteiger partial charge in [0.2, 0.25) is 5.91 Å². The summed E-state index contributed by atoms with van der Waals surface area (Å²) in [4.78, 5) is 24.2. The van der Waals surface area contributed by atoms with Crippen LogP contribution in [0, 0.1) is 5.92 Å². The van der Waals surface area contributed by atoms with Gasteiger partial charge in [-0.05, 0) is 19.8 Å². The van der Waals surface area contributed by atoms with E-state index in [2.05, 4.69) is 5.32 Å². The Hall–Kier alpha value is -0.770. The van der Waals surface area contributed by atoms with E-state index in [1.165, 1.54) is 0 Å². The maximum Gasteiger partial charge on any atom is 0.324 e. The minimum atomic E-state index is -0.462. The number of rotatable bonds is 4. The van der Waals surface area contributed by atoms with E-state index in [4.69, 9.17) is 11.6 Å². The molecule has 0 aromatic heterocycles. The Morgan fingerprint density at radius 1 is 1.27 bits per heavy atom. The van der Waals surface area contributed by atoms with Gasteiger partial charge in [-0.25, -0.2) is 4.79 Å². The molecular weight excluding hydrogens is 216 g/mol. The smallest absolute Gasteiger partial charge is 0.322 e. The Morgan fingerprint density at radius 3 is 2.13 bits per heavy atom. The van der Waals surface area contributed by atoms with E-state index in [0.717, 1.165) is 0 Å². The molecule has 0 unspecified atom stereocenters. The van der Waals surface area contributed by atoms with Crippen molar-refractivity contribution in [2.75, 3.05) is 12.4 Å². The molecule has 0 radical (unpaired) electrons. The van der Waals surface area contributed by atoms with E-state index in [-0.39, 0.29) is 18.0 Å². The molecule has 0 saturated carbocycles. The van der Waals surface area contributed by atoms with Crippen LogP contribution in [0.3, 0.4) is 0 Å². The highest BCUT2D eigenvalue weighted by atomic mass is 35.5. The molecular formula is C10H19ClN2O2.